The summed E-state index contributed by atoms with van der Waals surface area (Å²) in [6.45, 7) is 8.95. The van der Waals surface area contributed by atoms with E-state index in [9.17, 15) is 20.1 Å². The maximum absolute atomic E-state index is 12.6. The van der Waals surface area contributed by atoms with E-state index in [1.54, 1.807) is 13.8 Å². The summed E-state index contributed by atoms with van der Waals surface area (Å²) in [6, 6.07) is 0. The summed E-state index contributed by atoms with van der Waals surface area (Å²) < 4.78 is 0. The first-order valence-corrected chi connectivity index (χ1v) is 6.66. The fourth-order valence-corrected chi connectivity index (χ4v) is 3.71. The molecule has 1 fully saturated rings. The van der Waals surface area contributed by atoms with E-state index < -0.39 is 34.4 Å². The van der Waals surface area contributed by atoms with E-state index in [0.717, 1.165) is 0 Å². The highest BCUT2D eigenvalue weighted by Gasteiger charge is 2.69. The third-order valence-electron chi connectivity index (χ3n) is 5.52. The number of aliphatic hydroxyl groups excluding tert-OH is 2. The van der Waals surface area contributed by atoms with Crippen molar-refractivity contribution >= 4 is 5.78 Å². The monoisotopic (exact) mass is 264 g/mol. The van der Waals surface area contributed by atoms with Crippen LogP contribution in [-0.4, -0.2) is 38.9 Å². The lowest BCUT2D eigenvalue weighted by atomic mass is 9.67. The van der Waals surface area contributed by atoms with E-state index in [1.807, 2.05) is 0 Å². The molecule has 0 saturated heterocycles. The van der Waals surface area contributed by atoms with Crippen LogP contribution in [0.15, 0.2) is 23.3 Å². The molecule has 1 saturated carbocycles. The van der Waals surface area contributed by atoms with Crippen molar-refractivity contribution in [1.82, 2.24) is 0 Å². The number of carbonyl (C=O) groups is 1. The first kappa shape index (κ1) is 13.0. The summed E-state index contributed by atoms with van der Waals surface area (Å²) in [5.74, 6) is -0.454. The third-order valence-corrected chi connectivity index (χ3v) is 5.52. The molecular weight excluding hydrogens is 244 g/mol. The maximum Gasteiger partial charge on any atom is 0.193 e. The molecule has 0 aromatic rings. The minimum atomic E-state index is -1.52. The molecule has 4 heteroatoms. The molecule has 104 valence electrons. The number of ketones is 1. The van der Waals surface area contributed by atoms with E-state index in [0.29, 0.717) is 24.0 Å². The molecule has 0 bridgehead atoms. The van der Waals surface area contributed by atoms with Gasteiger partial charge in [0.05, 0.1) is 12.2 Å². The predicted octanol–water partition coefficient (Wildman–Crippen LogP) is 0.715. The van der Waals surface area contributed by atoms with E-state index in [2.05, 4.69) is 6.58 Å². The number of carbonyl (C=O) groups excluding carboxylic acids is 1. The van der Waals surface area contributed by atoms with E-state index in [-0.39, 0.29) is 5.57 Å². The van der Waals surface area contributed by atoms with Crippen molar-refractivity contribution in [2.75, 3.05) is 0 Å². The number of Topliss-reactive ketones (excluding diaryl/α,β-unsaturated/α-hetero) is 1. The summed E-state index contributed by atoms with van der Waals surface area (Å²) >= 11 is 0. The van der Waals surface area contributed by atoms with Crippen LogP contribution in [0.5, 0.6) is 0 Å². The molecule has 0 heterocycles. The Hall–Kier alpha value is -0.970. The molecule has 3 aliphatic rings. The zero-order chi connectivity index (χ0) is 14.4. The Morgan fingerprint density at radius 1 is 1.11 bits per heavy atom. The molecule has 3 atom stereocenters. The van der Waals surface area contributed by atoms with Gasteiger partial charge < -0.3 is 15.3 Å². The van der Waals surface area contributed by atoms with Crippen molar-refractivity contribution in [3.05, 3.63) is 23.3 Å². The summed E-state index contributed by atoms with van der Waals surface area (Å²) in [7, 11) is 0. The molecule has 1 spiro atoms. The van der Waals surface area contributed by atoms with Crippen molar-refractivity contribution in [2.24, 2.45) is 10.8 Å². The number of hydrogen-bond donors (Lipinski definition) is 3. The van der Waals surface area contributed by atoms with Crippen LogP contribution in [-0.2, 0) is 4.79 Å². The Morgan fingerprint density at radius 3 is 2.05 bits per heavy atom. The average molecular weight is 264 g/mol. The molecule has 0 aliphatic heterocycles. The maximum atomic E-state index is 12.6. The van der Waals surface area contributed by atoms with Crippen LogP contribution in [0.3, 0.4) is 0 Å². The van der Waals surface area contributed by atoms with Gasteiger partial charge in [0.25, 0.3) is 0 Å². The third kappa shape index (κ3) is 1.18. The standard InChI is InChI=1S/C15H20O4/c1-7-8-9(11(17)13(2,3)10(8)16)12(18)14(4,19)15(7)5-6-15/h10-11,16-17,19H,1,5-6H2,2-4H3/t10-,11-,14+/m1/s1. The zero-order valence-corrected chi connectivity index (χ0v) is 11.5. The van der Waals surface area contributed by atoms with Crippen molar-refractivity contribution in [2.45, 2.75) is 51.4 Å². The Labute approximate surface area is 112 Å². The second kappa shape index (κ2) is 3.19. The summed E-state index contributed by atoms with van der Waals surface area (Å²) in [6.07, 6.45) is -0.582. The van der Waals surface area contributed by atoms with Crippen LogP contribution >= 0.6 is 0 Å². The van der Waals surface area contributed by atoms with Gasteiger partial charge in [-0.05, 0) is 30.9 Å². The van der Waals surface area contributed by atoms with Crippen LogP contribution in [0, 0.1) is 10.8 Å². The van der Waals surface area contributed by atoms with E-state index in [1.165, 1.54) is 6.92 Å². The summed E-state index contributed by atoms with van der Waals surface area (Å²) in [5, 5.41) is 31.4. The lowest BCUT2D eigenvalue weighted by molar-refractivity contribution is -0.139. The lowest BCUT2D eigenvalue weighted by Gasteiger charge is -2.39. The normalized spacial score (nSPS) is 42.8. The Balaban J connectivity index is 2.23. The summed E-state index contributed by atoms with van der Waals surface area (Å²) in [5.41, 5.74) is -1.74. The molecule has 3 N–H and O–H groups in total. The van der Waals surface area contributed by atoms with Crippen LogP contribution in [0.1, 0.15) is 33.6 Å². The van der Waals surface area contributed by atoms with E-state index >= 15 is 0 Å². The Bertz CT molecular complexity index is 500. The van der Waals surface area contributed by atoms with Gasteiger partial charge in [0.1, 0.15) is 5.60 Å². The highest BCUT2D eigenvalue weighted by molar-refractivity contribution is 6.07. The minimum Gasteiger partial charge on any atom is -0.388 e. The van der Waals surface area contributed by atoms with Gasteiger partial charge in [0.2, 0.25) is 0 Å². The van der Waals surface area contributed by atoms with Crippen LogP contribution in [0.2, 0.25) is 0 Å². The molecule has 0 unspecified atom stereocenters. The summed E-state index contributed by atoms with van der Waals surface area (Å²) in [4.78, 5) is 12.6. The van der Waals surface area contributed by atoms with Gasteiger partial charge >= 0.3 is 0 Å². The van der Waals surface area contributed by atoms with Crippen molar-refractivity contribution in [3.63, 3.8) is 0 Å². The highest BCUT2D eigenvalue weighted by atomic mass is 16.3. The van der Waals surface area contributed by atoms with Gasteiger partial charge in [0.15, 0.2) is 5.78 Å². The average Bonchev–Trinajstić information content (AvgIpc) is 3.09. The molecule has 0 aromatic carbocycles. The van der Waals surface area contributed by atoms with Crippen molar-refractivity contribution < 1.29 is 20.1 Å². The highest BCUT2D eigenvalue weighted by Crippen LogP contribution is 2.66. The molecule has 4 nitrogen and oxygen atoms in total. The van der Waals surface area contributed by atoms with Crippen LogP contribution in [0.25, 0.3) is 0 Å². The Kier molecular flexibility index (Phi) is 2.19. The van der Waals surface area contributed by atoms with Gasteiger partial charge in [-0.3, -0.25) is 4.79 Å². The smallest absolute Gasteiger partial charge is 0.193 e. The molecule has 19 heavy (non-hydrogen) atoms. The SMILES string of the molecule is C=C1C2=C(C(=O)[C@](C)(O)C13CC3)[C@@H](O)C(C)(C)[C@@H]2O. The molecule has 3 aliphatic carbocycles. The molecule has 0 radical (unpaired) electrons. The largest absolute Gasteiger partial charge is 0.388 e. The van der Waals surface area contributed by atoms with E-state index in [4.69, 9.17) is 0 Å². The molecule has 0 aromatic heterocycles. The predicted molar refractivity (Wildman–Crippen MR) is 69.3 cm³/mol. The molecule has 0 amide bonds. The van der Waals surface area contributed by atoms with Crippen LogP contribution < -0.4 is 0 Å². The molecular formula is C15H20O4. The first-order chi connectivity index (χ1) is 8.59. The number of hydrogen-bond acceptors (Lipinski definition) is 4. The Morgan fingerprint density at radius 2 is 1.58 bits per heavy atom. The topological polar surface area (TPSA) is 77.8 Å². The second-order valence-corrected chi connectivity index (χ2v) is 6.92. The van der Waals surface area contributed by atoms with Crippen molar-refractivity contribution in [1.29, 1.82) is 0 Å². The zero-order valence-electron chi connectivity index (χ0n) is 11.5. The minimum absolute atomic E-state index is 0.157. The number of aliphatic hydroxyl groups is 3. The quantitative estimate of drug-likeness (QED) is 0.602. The van der Waals surface area contributed by atoms with Gasteiger partial charge in [-0.1, -0.05) is 20.4 Å². The number of rotatable bonds is 0. The van der Waals surface area contributed by atoms with Gasteiger partial charge in [-0.2, -0.15) is 0 Å². The first-order valence-electron chi connectivity index (χ1n) is 6.66. The lowest BCUT2D eigenvalue weighted by Crippen LogP contribution is -2.50. The van der Waals surface area contributed by atoms with Crippen LogP contribution in [0.4, 0.5) is 0 Å². The fraction of sp³-hybridized carbons (Fsp3) is 0.667. The second-order valence-electron chi connectivity index (χ2n) is 6.92. The van der Waals surface area contributed by atoms with Gasteiger partial charge in [-0.15, -0.1) is 0 Å². The van der Waals surface area contributed by atoms with Gasteiger partial charge in [-0.25, -0.2) is 0 Å². The van der Waals surface area contributed by atoms with Crippen molar-refractivity contribution in [3.8, 4) is 0 Å². The van der Waals surface area contributed by atoms with Gasteiger partial charge in [0, 0.05) is 16.4 Å². The molecule has 3 rings (SSSR count). The fourth-order valence-electron chi connectivity index (χ4n) is 3.71.